The van der Waals surface area contributed by atoms with E-state index in [1.165, 1.54) is 14.2 Å². The summed E-state index contributed by atoms with van der Waals surface area (Å²) >= 11 is 1.65. The largest absolute Gasteiger partial charge is 0.453 e. The van der Waals surface area contributed by atoms with Crippen LogP contribution >= 0.6 is 11.8 Å². The third-order valence-corrected chi connectivity index (χ3v) is 11.9. The molecule has 5 aromatic rings. The second kappa shape index (κ2) is 16.3. The highest BCUT2D eigenvalue weighted by Crippen LogP contribution is 2.39. The second-order valence-corrected chi connectivity index (χ2v) is 16.1. The van der Waals surface area contributed by atoms with Crippen LogP contribution in [-0.4, -0.2) is 98.9 Å². The normalized spacial score (nSPS) is 18.1. The monoisotopic (exact) mass is 780 g/mol. The summed E-state index contributed by atoms with van der Waals surface area (Å²) in [6.07, 6.45) is 2.17. The minimum absolute atomic E-state index is 0.107. The predicted octanol–water partition coefficient (Wildman–Crippen LogP) is 6.77. The lowest BCUT2D eigenvalue weighted by atomic mass is 9.99. The lowest BCUT2D eigenvalue weighted by Crippen LogP contribution is -2.51. The molecule has 4 amide bonds. The highest BCUT2D eigenvalue weighted by molar-refractivity contribution is 7.99. The van der Waals surface area contributed by atoms with Crippen molar-refractivity contribution in [3.63, 3.8) is 0 Å². The number of benzene rings is 3. The highest BCUT2D eigenvalue weighted by atomic mass is 32.2. The molecule has 0 saturated carbocycles. The van der Waals surface area contributed by atoms with E-state index >= 15 is 0 Å². The summed E-state index contributed by atoms with van der Waals surface area (Å²) < 4.78 is 9.53. The van der Waals surface area contributed by atoms with E-state index in [0.29, 0.717) is 18.9 Å². The van der Waals surface area contributed by atoms with Gasteiger partial charge >= 0.3 is 12.2 Å². The Morgan fingerprint density at radius 2 is 1.43 bits per heavy atom. The number of nitrogens with zero attached hydrogens (tertiary/aromatic N) is 4. The first kappa shape index (κ1) is 38.7. The van der Waals surface area contributed by atoms with Crippen LogP contribution in [0.4, 0.5) is 9.59 Å². The summed E-state index contributed by atoms with van der Waals surface area (Å²) in [5, 5.41) is 7.18. The van der Waals surface area contributed by atoms with Gasteiger partial charge in [-0.05, 0) is 58.9 Å². The minimum atomic E-state index is -0.708. The maximum Gasteiger partial charge on any atom is 0.407 e. The standard InChI is InChI=1S/C41H48N8O6S/c1-22(2)32(46-40(52)54-5)37(50)48-17-7-8-31(48)35-42-21-30(44-35)25-11-9-24(10-12-25)26-13-15-28-27(20-26)14-16-29-34(28)45-36(43-29)39-49(18-19-56-39)38(51)33(23(3)4)47-41(53)55-6/h9-16,20-23,31-33,39H,7-8,17-19H2,1-6H3,(H,42,44)(H,43,45)(H,46,52)(H,47,53)/t31-,32-,33-,39+/m0/s1. The summed E-state index contributed by atoms with van der Waals surface area (Å²) in [5.41, 5.74) is 5.68. The number of hydrogen-bond acceptors (Lipinski definition) is 9. The first-order chi connectivity index (χ1) is 27.0. The van der Waals surface area contributed by atoms with E-state index in [0.717, 1.165) is 68.6 Å². The smallest absolute Gasteiger partial charge is 0.407 e. The maximum atomic E-state index is 13.7. The number of hydrogen-bond donors (Lipinski definition) is 4. The Morgan fingerprint density at radius 3 is 2.09 bits per heavy atom. The van der Waals surface area contributed by atoms with Crippen molar-refractivity contribution in [1.29, 1.82) is 0 Å². The molecule has 4 atom stereocenters. The van der Waals surface area contributed by atoms with Crippen LogP contribution in [0, 0.1) is 11.8 Å². The van der Waals surface area contributed by atoms with E-state index in [9.17, 15) is 19.2 Å². The van der Waals surface area contributed by atoms with Crippen LogP contribution in [0.5, 0.6) is 0 Å². The molecular weight excluding hydrogens is 733 g/mol. The van der Waals surface area contributed by atoms with Gasteiger partial charge in [-0.3, -0.25) is 9.59 Å². The molecule has 0 bridgehead atoms. The molecule has 7 rings (SSSR count). The van der Waals surface area contributed by atoms with Crippen LogP contribution in [0.25, 0.3) is 44.2 Å². The molecule has 4 N–H and O–H groups in total. The predicted molar refractivity (Wildman–Crippen MR) is 216 cm³/mol. The van der Waals surface area contributed by atoms with Gasteiger partial charge in [0, 0.05) is 24.2 Å². The fourth-order valence-electron chi connectivity index (χ4n) is 7.61. The molecule has 2 aliphatic heterocycles. The molecule has 0 unspecified atom stereocenters. The van der Waals surface area contributed by atoms with Crippen molar-refractivity contribution in [2.24, 2.45) is 11.8 Å². The Kier molecular flexibility index (Phi) is 11.2. The van der Waals surface area contributed by atoms with Crippen molar-refractivity contribution in [1.82, 2.24) is 40.4 Å². The van der Waals surface area contributed by atoms with Crippen molar-refractivity contribution < 1.29 is 28.7 Å². The minimum Gasteiger partial charge on any atom is -0.453 e. The maximum absolute atomic E-state index is 13.7. The first-order valence-electron chi connectivity index (χ1n) is 19.0. The summed E-state index contributed by atoms with van der Waals surface area (Å²) in [5.74, 6) is 1.66. The van der Waals surface area contributed by atoms with Crippen molar-refractivity contribution in [3.8, 4) is 22.4 Å². The van der Waals surface area contributed by atoms with E-state index in [4.69, 9.17) is 14.5 Å². The Balaban J connectivity index is 1.07. The number of aromatic amines is 2. The number of H-pyrrole nitrogens is 2. The molecular formula is C41H48N8O6S. The SMILES string of the molecule is COC(=O)N[C@H](C(=O)N1CCS[C@@H]1c1nc2ccc3cc(-c4ccc(-c5cnc([C@@H]6CCCN6C(=O)[C@@H](NC(=O)OC)C(C)C)[nH]5)cc4)ccc3c2[nH]1)C(C)C. The van der Waals surface area contributed by atoms with Crippen molar-refractivity contribution in [3.05, 3.63) is 72.4 Å². The van der Waals surface area contributed by atoms with Crippen LogP contribution < -0.4 is 10.6 Å². The van der Waals surface area contributed by atoms with Gasteiger partial charge in [-0.25, -0.2) is 19.6 Å². The van der Waals surface area contributed by atoms with Crippen molar-refractivity contribution >= 4 is 57.6 Å². The van der Waals surface area contributed by atoms with Gasteiger partial charge in [0.05, 0.1) is 43.2 Å². The molecule has 56 heavy (non-hydrogen) atoms. The molecule has 0 radical (unpaired) electrons. The number of ether oxygens (including phenoxy) is 2. The molecule has 15 heteroatoms. The van der Waals surface area contributed by atoms with Gasteiger partial charge in [-0.15, -0.1) is 11.8 Å². The summed E-state index contributed by atoms with van der Waals surface area (Å²) in [4.78, 5) is 71.4. The molecule has 4 heterocycles. The van der Waals surface area contributed by atoms with Gasteiger partial charge in [0.25, 0.3) is 0 Å². The lowest BCUT2D eigenvalue weighted by molar-refractivity contribution is -0.136. The number of amides is 4. The van der Waals surface area contributed by atoms with E-state index in [1.54, 1.807) is 22.9 Å². The molecule has 0 spiro atoms. The number of aromatic nitrogens is 4. The average molecular weight is 781 g/mol. The van der Waals surface area contributed by atoms with Gasteiger partial charge in [-0.2, -0.15) is 0 Å². The molecule has 2 fully saturated rings. The highest BCUT2D eigenvalue weighted by Gasteiger charge is 2.39. The fraction of sp³-hybridized carbons (Fsp3) is 0.415. The lowest BCUT2D eigenvalue weighted by Gasteiger charge is -2.30. The zero-order valence-electron chi connectivity index (χ0n) is 32.4. The Morgan fingerprint density at radius 1 is 0.786 bits per heavy atom. The van der Waals surface area contributed by atoms with Crippen LogP contribution in [-0.2, 0) is 19.1 Å². The van der Waals surface area contributed by atoms with Gasteiger partial charge in [0.1, 0.15) is 29.1 Å². The first-order valence-corrected chi connectivity index (χ1v) is 20.0. The molecule has 294 valence electrons. The number of methoxy groups -OCH3 is 2. The van der Waals surface area contributed by atoms with Crippen molar-refractivity contribution in [2.75, 3.05) is 33.1 Å². The summed E-state index contributed by atoms with van der Waals surface area (Å²) in [6, 6.07) is 17.1. The van der Waals surface area contributed by atoms with Crippen LogP contribution in [0.2, 0.25) is 0 Å². The van der Waals surface area contributed by atoms with E-state index in [1.807, 2.05) is 38.7 Å². The number of thioether (sulfide) groups is 1. The van der Waals surface area contributed by atoms with Crippen LogP contribution in [0.3, 0.4) is 0 Å². The van der Waals surface area contributed by atoms with Gasteiger partial charge in [-0.1, -0.05) is 70.2 Å². The Hall–Kier alpha value is -5.57. The molecule has 2 saturated heterocycles. The van der Waals surface area contributed by atoms with Crippen LogP contribution in [0.15, 0.2) is 60.8 Å². The summed E-state index contributed by atoms with van der Waals surface area (Å²) in [7, 11) is 2.58. The molecule has 14 nitrogen and oxygen atoms in total. The van der Waals surface area contributed by atoms with Crippen molar-refractivity contribution in [2.45, 2.75) is 64.0 Å². The number of carbonyl (C=O) groups is 4. The summed E-state index contributed by atoms with van der Waals surface area (Å²) in [6.45, 7) is 8.74. The van der Waals surface area contributed by atoms with E-state index in [-0.39, 0.29) is 35.1 Å². The topological polar surface area (TPSA) is 175 Å². The quantitative estimate of drug-likeness (QED) is 0.119. The number of rotatable bonds is 10. The van der Waals surface area contributed by atoms with E-state index in [2.05, 4.69) is 74.1 Å². The van der Waals surface area contributed by atoms with Gasteiger partial charge < -0.3 is 39.9 Å². The average Bonchev–Trinajstić information content (AvgIpc) is 4.04. The molecule has 2 aromatic heterocycles. The van der Waals surface area contributed by atoms with Gasteiger partial charge in [0.2, 0.25) is 11.8 Å². The number of nitrogens with one attached hydrogen (secondary N) is 4. The number of carbonyl (C=O) groups excluding carboxylic acids is 4. The molecule has 0 aliphatic carbocycles. The van der Waals surface area contributed by atoms with Gasteiger partial charge in [0.15, 0.2) is 0 Å². The molecule has 2 aliphatic rings. The number of imidazole rings is 2. The third-order valence-electron chi connectivity index (χ3n) is 10.7. The zero-order chi connectivity index (χ0) is 39.7. The Labute approximate surface area is 329 Å². The number of alkyl carbamates (subject to hydrolysis) is 2. The third kappa shape index (κ3) is 7.64. The van der Waals surface area contributed by atoms with Crippen LogP contribution in [0.1, 0.15) is 63.6 Å². The Bertz CT molecular complexity index is 2250. The zero-order valence-corrected chi connectivity index (χ0v) is 33.2. The number of fused-ring (bicyclic) bond motifs is 3. The van der Waals surface area contributed by atoms with E-state index < -0.39 is 24.3 Å². The fourth-order valence-corrected chi connectivity index (χ4v) is 8.80. The molecule has 3 aromatic carbocycles. The number of likely N-dealkylation sites (tertiary alicyclic amines) is 1. The second-order valence-electron chi connectivity index (χ2n) is 14.9.